The number of allylic oxidation sites excluding steroid dienone is 1. The van der Waals surface area contributed by atoms with E-state index in [9.17, 15) is 4.79 Å². The molecule has 2 rings (SSSR count). The Bertz CT molecular complexity index is 586. The van der Waals surface area contributed by atoms with Gasteiger partial charge in [0.25, 0.3) is 0 Å². The van der Waals surface area contributed by atoms with Gasteiger partial charge in [-0.25, -0.2) is 4.79 Å². The lowest BCUT2D eigenvalue weighted by Gasteiger charge is -2.03. The summed E-state index contributed by atoms with van der Waals surface area (Å²) in [6, 6.07) is 8.57. The van der Waals surface area contributed by atoms with Crippen LogP contribution in [0.15, 0.2) is 51.7 Å². The summed E-state index contributed by atoms with van der Waals surface area (Å²) in [6.07, 6.45) is 3.88. The van der Waals surface area contributed by atoms with E-state index >= 15 is 0 Å². The topological polar surface area (TPSA) is 39.4 Å². The largest absolute Gasteiger partial charge is 0.489 e. The third-order valence-electron chi connectivity index (χ3n) is 2.20. The van der Waals surface area contributed by atoms with E-state index in [2.05, 4.69) is 15.9 Å². The van der Waals surface area contributed by atoms with Gasteiger partial charge >= 0.3 is 5.63 Å². The van der Waals surface area contributed by atoms with Gasteiger partial charge in [-0.15, -0.1) is 0 Å². The van der Waals surface area contributed by atoms with Gasteiger partial charge in [0.05, 0.1) is 0 Å². The lowest BCUT2D eigenvalue weighted by molar-refractivity contribution is 0.362. The lowest BCUT2D eigenvalue weighted by Crippen LogP contribution is -1.96. The highest BCUT2D eigenvalue weighted by molar-refractivity contribution is 9.09. The Balaban J connectivity index is 2.19. The SMILES string of the molecule is O=c1ccc2ccc(OCC=CCBr)cc2o1. The van der Waals surface area contributed by atoms with Crippen molar-refractivity contribution in [3.05, 3.63) is 52.9 Å². The van der Waals surface area contributed by atoms with Gasteiger partial charge in [0.1, 0.15) is 17.9 Å². The highest BCUT2D eigenvalue weighted by Crippen LogP contribution is 2.19. The minimum atomic E-state index is -0.353. The molecule has 0 bridgehead atoms. The maximum atomic E-state index is 11.1. The number of benzene rings is 1. The van der Waals surface area contributed by atoms with Crippen molar-refractivity contribution < 1.29 is 9.15 Å². The summed E-state index contributed by atoms with van der Waals surface area (Å²) < 4.78 is 10.6. The molecule has 1 aromatic carbocycles. The molecule has 0 aliphatic heterocycles. The summed E-state index contributed by atoms with van der Waals surface area (Å²) in [5.74, 6) is 0.686. The molecule has 0 aliphatic carbocycles. The molecule has 0 spiro atoms. The molecule has 0 atom stereocenters. The Labute approximate surface area is 107 Å². The average molecular weight is 295 g/mol. The van der Waals surface area contributed by atoms with E-state index in [1.54, 1.807) is 12.1 Å². The van der Waals surface area contributed by atoms with Gasteiger partial charge in [0.15, 0.2) is 0 Å². The molecule has 1 aromatic heterocycles. The van der Waals surface area contributed by atoms with Crippen molar-refractivity contribution in [3.8, 4) is 5.75 Å². The zero-order valence-electron chi connectivity index (χ0n) is 9.06. The van der Waals surface area contributed by atoms with Gasteiger partial charge in [0, 0.05) is 22.8 Å². The van der Waals surface area contributed by atoms with Crippen LogP contribution in [0.3, 0.4) is 0 Å². The summed E-state index contributed by atoms with van der Waals surface area (Å²) in [5, 5.41) is 1.69. The molecule has 4 heteroatoms. The molecule has 0 saturated heterocycles. The summed E-state index contributed by atoms with van der Waals surface area (Å²) in [6.45, 7) is 0.494. The van der Waals surface area contributed by atoms with Gasteiger partial charge in [-0.1, -0.05) is 28.1 Å². The predicted molar refractivity (Wildman–Crippen MR) is 70.9 cm³/mol. The van der Waals surface area contributed by atoms with E-state index < -0.39 is 0 Å². The fraction of sp³-hybridized carbons (Fsp3) is 0.154. The molecule has 88 valence electrons. The molecule has 0 saturated carbocycles. The van der Waals surface area contributed by atoms with Crippen LogP contribution in [0.2, 0.25) is 0 Å². The Hall–Kier alpha value is -1.55. The van der Waals surface area contributed by atoms with Crippen LogP contribution in [0.5, 0.6) is 5.75 Å². The summed E-state index contributed by atoms with van der Waals surface area (Å²) in [4.78, 5) is 11.1. The van der Waals surface area contributed by atoms with Crippen LogP contribution in [0.25, 0.3) is 11.0 Å². The first kappa shape index (κ1) is 11.9. The fourth-order valence-corrected chi connectivity index (χ4v) is 1.67. The van der Waals surface area contributed by atoms with Crippen molar-refractivity contribution in [2.45, 2.75) is 0 Å². The Morgan fingerprint density at radius 3 is 2.88 bits per heavy atom. The molecular weight excluding hydrogens is 284 g/mol. The van der Waals surface area contributed by atoms with E-state index in [0.717, 1.165) is 10.7 Å². The first-order valence-electron chi connectivity index (χ1n) is 5.17. The number of hydrogen-bond acceptors (Lipinski definition) is 3. The predicted octanol–water partition coefficient (Wildman–Crippen LogP) is 3.12. The van der Waals surface area contributed by atoms with Crippen molar-refractivity contribution in [3.63, 3.8) is 0 Å². The Morgan fingerprint density at radius 1 is 1.24 bits per heavy atom. The van der Waals surface area contributed by atoms with Crippen LogP contribution in [-0.2, 0) is 0 Å². The number of rotatable bonds is 4. The monoisotopic (exact) mass is 294 g/mol. The Kier molecular flexibility index (Phi) is 3.98. The minimum Gasteiger partial charge on any atom is -0.489 e. The number of halogens is 1. The zero-order chi connectivity index (χ0) is 12.1. The highest BCUT2D eigenvalue weighted by Gasteiger charge is 1.99. The second kappa shape index (κ2) is 5.68. The van der Waals surface area contributed by atoms with Crippen molar-refractivity contribution in [2.75, 3.05) is 11.9 Å². The first-order valence-corrected chi connectivity index (χ1v) is 6.29. The molecule has 0 aliphatic rings. The normalized spacial score (nSPS) is 11.1. The molecule has 2 aromatic rings. The first-order chi connectivity index (χ1) is 8.29. The standard InChI is InChI=1S/C13H11BrO3/c14-7-1-2-8-16-11-5-3-10-4-6-13(15)17-12(10)9-11/h1-6,9H,7-8H2. The van der Waals surface area contributed by atoms with Gasteiger partial charge in [-0.05, 0) is 18.2 Å². The summed E-state index contributed by atoms with van der Waals surface area (Å²) in [7, 11) is 0. The second-order valence-electron chi connectivity index (χ2n) is 3.39. The van der Waals surface area contributed by atoms with E-state index in [1.165, 1.54) is 6.07 Å². The quantitative estimate of drug-likeness (QED) is 0.494. The number of alkyl halides is 1. The molecular formula is C13H11BrO3. The van der Waals surface area contributed by atoms with Crippen molar-refractivity contribution in [1.29, 1.82) is 0 Å². The maximum absolute atomic E-state index is 11.1. The highest BCUT2D eigenvalue weighted by atomic mass is 79.9. The van der Waals surface area contributed by atoms with E-state index in [1.807, 2.05) is 24.3 Å². The van der Waals surface area contributed by atoms with Crippen LogP contribution < -0.4 is 10.4 Å². The Morgan fingerprint density at radius 2 is 2.06 bits per heavy atom. The third-order valence-corrected chi connectivity index (χ3v) is 2.57. The van der Waals surface area contributed by atoms with E-state index in [-0.39, 0.29) is 5.63 Å². The molecule has 0 fully saturated rings. The smallest absolute Gasteiger partial charge is 0.336 e. The van der Waals surface area contributed by atoms with Crippen molar-refractivity contribution >= 4 is 26.9 Å². The lowest BCUT2D eigenvalue weighted by atomic mass is 10.2. The van der Waals surface area contributed by atoms with Crippen LogP contribution in [0, 0.1) is 0 Å². The van der Waals surface area contributed by atoms with Crippen LogP contribution >= 0.6 is 15.9 Å². The molecule has 1 heterocycles. The van der Waals surface area contributed by atoms with Crippen LogP contribution in [-0.4, -0.2) is 11.9 Å². The molecule has 0 unspecified atom stereocenters. The number of fused-ring (bicyclic) bond motifs is 1. The molecule has 17 heavy (non-hydrogen) atoms. The second-order valence-corrected chi connectivity index (χ2v) is 4.04. The van der Waals surface area contributed by atoms with Crippen molar-refractivity contribution in [2.24, 2.45) is 0 Å². The fourth-order valence-electron chi connectivity index (χ4n) is 1.41. The zero-order valence-corrected chi connectivity index (χ0v) is 10.6. The number of hydrogen-bond donors (Lipinski definition) is 0. The van der Waals surface area contributed by atoms with Gasteiger partial charge < -0.3 is 9.15 Å². The van der Waals surface area contributed by atoms with E-state index in [0.29, 0.717) is 17.9 Å². The van der Waals surface area contributed by atoms with Gasteiger partial charge in [-0.3, -0.25) is 0 Å². The molecule has 0 amide bonds. The van der Waals surface area contributed by atoms with E-state index in [4.69, 9.17) is 9.15 Å². The molecule has 0 N–H and O–H groups in total. The third kappa shape index (κ3) is 3.20. The summed E-state index contributed by atoms with van der Waals surface area (Å²) in [5.41, 5.74) is 0.188. The van der Waals surface area contributed by atoms with Crippen molar-refractivity contribution in [1.82, 2.24) is 0 Å². The summed E-state index contributed by atoms with van der Waals surface area (Å²) >= 11 is 3.28. The minimum absolute atomic E-state index is 0.353. The average Bonchev–Trinajstić information content (AvgIpc) is 2.34. The van der Waals surface area contributed by atoms with Gasteiger partial charge in [0.2, 0.25) is 0 Å². The van der Waals surface area contributed by atoms with Crippen LogP contribution in [0.4, 0.5) is 0 Å². The van der Waals surface area contributed by atoms with Crippen LogP contribution in [0.1, 0.15) is 0 Å². The molecule has 3 nitrogen and oxygen atoms in total. The molecule has 0 radical (unpaired) electrons. The number of ether oxygens (including phenoxy) is 1. The maximum Gasteiger partial charge on any atom is 0.336 e. The van der Waals surface area contributed by atoms with Gasteiger partial charge in [-0.2, -0.15) is 0 Å².